The Morgan fingerprint density at radius 1 is 0.556 bits per heavy atom. The van der Waals surface area contributed by atoms with E-state index in [-0.39, 0.29) is 0 Å². The number of hydrogen-bond acceptors (Lipinski definition) is 3. The third kappa shape index (κ3) is 9.39. The fourth-order valence-corrected chi connectivity index (χ4v) is 3.69. The first-order chi connectivity index (χ1) is 13.3. The first kappa shape index (κ1) is 23.7. The standard InChI is InChI=1S/C24H42O3/c1-5-6-7-8-9-10-11-12-13-14-15-16-17-18-21-19-20-22(25-2)24(27-4)23(21)26-3/h19-20H,5-18H2,1-4H3. The van der Waals surface area contributed by atoms with Gasteiger partial charge in [0.15, 0.2) is 11.5 Å². The molecule has 3 nitrogen and oxygen atoms in total. The van der Waals surface area contributed by atoms with Crippen LogP contribution in [0.4, 0.5) is 0 Å². The van der Waals surface area contributed by atoms with E-state index in [1.807, 2.05) is 6.07 Å². The van der Waals surface area contributed by atoms with E-state index in [2.05, 4.69) is 13.0 Å². The molecular weight excluding hydrogens is 336 g/mol. The lowest BCUT2D eigenvalue weighted by Crippen LogP contribution is -1.99. The van der Waals surface area contributed by atoms with E-state index in [4.69, 9.17) is 14.2 Å². The summed E-state index contributed by atoms with van der Waals surface area (Å²) in [5.41, 5.74) is 1.21. The zero-order chi connectivity index (χ0) is 19.7. The Kier molecular flexibility index (Phi) is 13.7. The lowest BCUT2D eigenvalue weighted by molar-refractivity contribution is 0.322. The van der Waals surface area contributed by atoms with Crippen LogP contribution in [0.15, 0.2) is 12.1 Å². The molecule has 156 valence electrons. The topological polar surface area (TPSA) is 27.7 Å². The second-order valence-electron chi connectivity index (χ2n) is 7.49. The highest BCUT2D eigenvalue weighted by Crippen LogP contribution is 2.40. The smallest absolute Gasteiger partial charge is 0.203 e. The van der Waals surface area contributed by atoms with Crippen molar-refractivity contribution in [3.8, 4) is 17.2 Å². The van der Waals surface area contributed by atoms with Crippen molar-refractivity contribution in [1.82, 2.24) is 0 Å². The monoisotopic (exact) mass is 378 g/mol. The normalized spacial score (nSPS) is 10.8. The van der Waals surface area contributed by atoms with Gasteiger partial charge >= 0.3 is 0 Å². The maximum atomic E-state index is 5.57. The predicted molar refractivity (Wildman–Crippen MR) is 115 cm³/mol. The van der Waals surface area contributed by atoms with Crippen molar-refractivity contribution in [1.29, 1.82) is 0 Å². The average Bonchev–Trinajstić information content (AvgIpc) is 2.70. The maximum absolute atomic E-state index is 5.57. The molecule has 0 spiro atoms. The van der Waals surface area contributed by atoms with Crippen LogP contribution in [0.2, 0.25) is 0 Å². The summed E-state index contributed by atoms with van der Waals surface area (Å²) in [7, 11) is 5.02. The minimum absolute atomic E-state index is 0.701. The van der Waals surface area contributed by atoms with E-state index < -0.39 is 0 Å². The average molecular weight is 379 g/mol. The zero-order valence-electron chi connectivity index (χ0n) is 18.3. The number of aryl methyl sites for hydroxylation is 1. The highest BCUT2D eigenvalue weighted by Gasteiger charge is 2.15. The minimum atomic E-state index is 0.701. The molecular formula is C24H42O3. The van der Waals surface area contributed by atoms with Crippen molar-refractivity contribution in [3.05, 3.63) is 17.7 Å². The summed E-state index contributed by atoms with van der Waals surface area (Å²) in [6.45, 7) is 2.28. The Morgan fingerprint density at radius 2 is 1.04 bits per heavy atom. The summed E-state index contributed by atoms with van der Waals surface area (Å²) >= 11 is 0. The third-order valence-electron chi connectivity index (χ3n) is 5.34. The van der Waals surface area contributed by atoms with E-state index in [0.29, 0.717) is 5.75 Å². The van der Waals surface area contributed by atoms with Gasteiger partial charge in [0.1, 0.15) is 0 Å². The van der Waals surface area contributed by atoms with Crippen LogP contribution in [0.5, 0.6) is 17.2 Å². The van der Waals surface area contributed by atoms with Crippen molar-refractivity contribution >= 4 is 0 Å². The van der Waals surface area contributed by atoms with E-state index >= 15 is 0 Å². The van der Waals surface area contributed by atoms with Crippen molar-refractivity contribution in [2.45, 2.75) is 96.8 Å². The van der Waals surface area contributed by atoms with Gasteiger partial charge in [-0.25, -0.2) is 0 Å². The second kappa shape index (κ2) is 15.7. The largest absolute Gasteiger partial charge is 0.493 e. The quantitative estimate of drug-likeness (QED) is 0.265. The highest BCUT2D eigenvalue weighted by molar-refractivity contribution is 5.55. The van der Waals surface area contributed by atoms with Crippen LogP contribution in [0.25, 0.3) is 0 Å². The molecule has 1 aromatic rings. The van der Waals surface area contributed by atoms with Crippen LogP contribution in [0.1, 0.15) is 96.0 Å². The van der Waals surface area contributed by atoms with Crippen LogP contribution in [0, 0.1) is 0 Å². The molecule has 0 atom stereocenters. The zero-order valence-corrected chi connectivity index (χ0v) is 18.3. The molecule has 1 aromatic carbocycles. The fraction of sp³-hybridized carbons (Fsp3) is 0.750. The summed E-state index contributed by atoms with van der Waals surface area (Å²) in [6.07, 6.45) is 19.0. The number of methoxy groups -OCH3 is 3. The van der Waals surface area contributed by atoms with Gasteiger partial charge in [-0.15, -0.1) is 0 Å². The number of ether oxygens (including phenoxy) is 3. The Balaban J connectivity index is 2.12. The Hall–Kier alpha value is -1.38. The molecule has 0 unspecified atom stereocenters. The van der Waals surface area contributed by atoms with Crippen LogP contribution < -0.4 is 14.2 Å². The minimum Gasteiger partial charge on any atom is -0.493 e. The molecule has 0 heterocycles. The molecule has 0 N–H and O–H groups in total. The summed E-state index contributed by atoms with van der Waals surface area (Å²) in [4.78, 5) is 0. The van der Waals surface area contributed by atoms with Gasteiger partial charge in [0.25, 0.3) is 0 Å². The molecule has 0 aliphatic rings. The van der Waals surface area contributed by atoms with E-state index in [1.54, 1.807) is 21.3 Å². The van der Waals surface area contributed by atoms with Gasteiger partial charge in [0, 0.05) is 0 Å². The Morgan fingerprint density at radius 3 is 1.48 bits per heavy atom. The predicted octanol–water partition coefficient (Wildman–Crippen LogP) is 7.35. The molecule has 0 bridgehead atoms. The van der Waals surface area contributed by atoms with Gasteiger partial charge in [-0.1, -0.05) is 90.0 Å². The summed E-state index contributed by atoms with van der Waals surface area (Å²) in [5.74, 6) is 2.24. The summed E-state index contributed by atoms with van der Waals surface area (Å²) < 4.78 is 16.4. The molecule has 0 aliphatic carbocycles. The summed E-state index contributed by atoms with van der Waals surface area (Å²) in [5, 5.41) is 0. The molecule has 0 aliphatic heterocycles. The van der Waals surface area contributed by atoms with Crippen molar-refractivity contribution in [2.75, 3.05) is 21.3 Å². The van der Waals surface area contributed by atoms with Gasteiger partial charge in [-0.2, -0.15) is 0 Å². The number of benzene rings is 1. The van der Waals surface area contributed by atoms with E-state index in [1.165, 1.54) is 89.0 Å². The fourth-order valence-electron chi connectivity index (χ4n) is 3.69. The van der Waals surface area contributed by atoms with Crippen LogP contribution in [-0.4, -0.2) is 21.3 Å². The van der Waals surface area contributed by atoms with Crippen molar-refractivity contribution < 1.29 is 14.2 Å². The molecule has 0 radical (unpaired) electrons. The molecule has 0 amide bonds. The Bertz CT molecular complexity index is 485. The van der Waals surface area contributed by atoms with Crippen LogP contribution in [0.3, 0.4) is 0 Å². The highest BCUT2D eigenvalue weighted by atomic mass is 16.5. The van der Waals surface area contributed by atoms with Gasteiger partial charge in [0.05, 0.1) is 21.3 Å². The van der Waals surface area contributed by atoms with Gasteiger partial charge in [0.2, 0.25) is 5.75 Å². The molecule has 0 saturated carbocycles. The SMILES string of the molecule is CCCCCCCCCCCCCCCc1ccc(OC)c(OC)c1OC. The van der Waals surface area contributed by atoms with E-state index in [9.17, 15) is 0 Å². The third-order valence-corrected chi connectivity index (χ3v) is 5.34. The van der Waals surface area contributed by atoms with Crippen LogP contribution >= 0.6 is 0 Å². The lowest BCUT2D eigenvalue weighted by atomic mass is 10.0. The summed E-state index contributed by atoms with van der Waals surface area (Å²) in [6, 6.07) is 4.07. The van der Waals surface area contributed by atoms with Crippen molar-refractivity contribution in [3.63, 3.8) is 0 Å². The van der Waals surface area contributed by atoms with E-state index in [0.717, 1.165) is 17.9 Å². The molecule has 3 heteroatoms. The van der Waals surface area contributed by atoms with Crippen LogP contribution in [-0.2, 0) is 6.42 Å². The first-order valence-electron chi connectivity index (χ1n) is 11.1. The lowest BCUT2D eigenvalue weighted by Gasteiger charge is -2.15. The second-order valence-corrected chi connectivity index (χ2v) is 7.49. The molecule has 27 heavy (non-hydrogen) atoms. The molecule has 0 fully saturated rings. The number of hydrogen-bond donors (Lipinski definition) is 0. The Labute approximate surface area is 167 Å². The first-order valence-corrected chi connectivity index (χ1v) is 11.1. The maximum Gasteiger partial charge on any atom is 0.203 e. The number of rotatable bonds is 17. The van der Waals surface area contributed by atoms with Gasteiger partial charge < -0.3 is 14.2 Å². The molecule has 0 aromatic heterocycles. The number of unbranched alkanes of at least 4 members (excludes halogenated alkanes) is 12. The van der Waals surface area contributed by atoms with Gasteiger partial charge in [-0.3, -0.25) is 0 Å². The van der Waals surface area contributed by atoms with Crippen molar-refractivity contribution in [2.24, 2.45) is 0 Å². The van der Waals surface area contributed by atoms with Gasteiger partial charge in [-0.05, 0) is 24.5 Å². The molecule has 0 saturated heterocycles. The molecule has 1 rings (SSSR count).